The summed E-state index contributed by atoms with van der Waals surface area (Å²) in [4.78, 5) is 10.7. The molecule has 0 amide bonds. The highest BCUT2D eigenvalue weighted by Crippen LogP contribution is 2.21. The Morgan fingerprint density at radius 2 is 2.00 bits per heavy atom. The van der Waals surface area contributed by atoms with E-state index in [4.69, 9.17) is 0 Å². The van der Waals surface area contributed by atoms with Gasteiger partial charge in [0.2, 0.25) is 0 Å². The predicted molar refractivity (Wildman–Crippen MR) is 79.0 cm³/mol. The van der Waals surface area contributed by atoms with Gasteiger partial charge in [-0.25, -0.2) is 4.98 Å². The molecule has 0 spiro atoms. The predicted octanol–water partition coefficient (Wildman–Crippen LogP) is 1.93. The Morgan fingerprint density at radius 3 is 2.58 bits per heavy atom. The molecular weight excluding hydrogens is 278 g/mol. The summed E-state index contributed by atoms with van der Waals surface area (Å²) in [6, 6.07) is 0. The SMILES string of the molecule is Cc1nc(C)c(CN2CCN(c3cnsn3)CC2)s1. The van der Waals surface area contributed by atoms with Crippen LogP contribution in [0, 0.1) is 13.8 Å². The van der Waals surface area contributed by atoms with E-state index in [0.717, 1.165) is 38.5 Å². The number of nitrogens with zero attached hydrogens (tertiary/aromatic N) is 5. The van der Waals surface area contributed by atoms with Crippen LogP contribution in [0.4, 0.5) is 5.82 Å². The van der Waals surface area contributed by atoms with Crippen LogP contribution in [0.2, 0.25) is 0 Å². The lowest BCUT2D eigenvalue weighted by Crippen LogP contribution is -2.46. The maximum absolute atomic E-state index is 4.50. The molecule has 0 bridgehead atoms. The normalized spacial score (nSPS) is 17.1. The van der Waals surface area contributed by atoms with Crippen molar-refractivity contribution >= 4 is 28.9 Å². The van der Waals surface area contributed by atoms with E-state index >= 15 is 0 Å². The lowest BCUT2D eigenvalue weighted by Gasteiger charge is -2.34. The third-order valence-electron chi connectivity index (χ3n) is 3.41. The van der Waals surface area contributed by atoms with Gasteiger partial charge in [-0.05, 0) is 13.8 Å². The van der Waals surface area contributed by atoms with Crippen molar-refractivity contribution in [2.45, 2.75) is 20.4 Å². The van der Waals surface area contributed by atoms with E-state index < -0.39 is 0 Å². The summed E-state index contributed by atoms with van der Waals surface area (Å²) in [6.45, 7) is 9.43. The molecule has 0 radical (unpaired) electrons. The standard InChI is InChI=1S/C12H17N5S2/c1-9-11(18-10(2)14-9)8-16-3-5-17(6-4-16)12-7-13-19-15-12/h7H,3-6,8H2,1-2H3. The van der Waals surface area contributed by atoms with Crippen LogP contribution < -0.4 is 4.90 Å². The van der Waals surface area contributed by atoms with E-state index in [1.807, 2.05) is 17.5 Å². The van der Waals surface area contributed by atoms with Crippen molar-refractivity contribution in [2.75, 3.05) is 31.1 Å². The zero-order valence-electron chi connectivity index (χ0n) is 11.2. The molecule has 0 aliphatic carbocycles. The lowest BCUT2D eigenvalue weighted by molar-refractivity contribution is 0.251. The van der Waals surface area contributed by atoms with Gasteiger partial charge in [0, 0.05) is 37.6 Å². The van der Waals surface area contributed by atoms with Crippen LogP contribution in [0.15, 0.2) is 6.20 Å². The van der Waals surface area contributed by atoms with Gasteiger partial charge in [-0.15, -0.1) is 11.3 Å². The van der Waals surface area contributed by atoms with Crippen LogP contribution >= 0.6 is 23.1 Å². The number of aryl methyl sites for hydroxylation is 2. The minimum atomic E-state index is 1.02. The Morgan fingerprint density at radius 1 is 1.21 bits per heavy atom. The van der Waals surface area contributed by atoms with E-state index in [1.54, 1.807) is 0 Å². The molecule has 2 aromatic rings. The Bertz CT molecular complexity index is 528. The van der Waals surface area contributed by atoms with Gasteiger partial charge in [0.1, 0.15) is 0 Å². The highest BCUT2D eigenvalue weighted by molar-refractivity contribution is 7.11. The zero-order chi connectivity index (χ0) is 13.2. The monoisotopic (exact) mass is 295 g/mol. The molecule has 1 fully saturated rings. The average molecular weight is 295 g/mol. The van der Waals surface area contributed by atoms with Gasteiger partial charge in [-0.2, -0.15) is 8.75 Å². The topological polar surface area (TPSA) is 45.2 Å². The number of hydrogen-bond acceptors (Lipinski definition) is 7. The van der Waals surface area contributed by atoms with Gasteiger partial charge in [-0.1, -0.05) is 0 Å². The van der Waals surface area contributed by atoms with Crippen molar-refractivity contribution < 1.29 is 0 Å². The second-order valence-corrected chi connectivity index (χ2v) is 6.61. The molecule has 1 saturated heterocycles. The Balaban J connectivity index is 1.57. The van der Waals surface area contributed by atoms with Crippen LogP contribution in [-0.4, -0.2) is 44.8 Å². The first-order chi connectivity index (χ1) is 9.22. The molecule has 0 aromatic carbocycles. The van der Waals surface area contributed by atoms with E-state index in [-0.39, 0.29) is 0 Å². The highest BCUT2D eigenvalue weighted by atomic mass is 32.1. The maximum Gasteiger partial charge on any atom is 0.162 e. The van der Waals surface area contributed by atoms with Gasteiger partial charge in [0.05, 0.1) is 28.6 Å². The summed E-state index contributed by atoms with van der Waals surface area (Å²) in [5.74, 6) is 1.02. The largest absolute Gasteiger partial charge is 0.352 e. The minimum absolute atomic E-state index is 1.02. The first-order valence-corrected chi connectivity index (χ1v) is 7.95. The molecule has 0 unspecified atom stereocenters. The van der Waals surface area contributed by atoms with Crippen LogP contribution in [0.25, 0.3) is 0 Å². The fraction of sp³-hybridized carbons (Fsp3) is 0.583. The molecule has 3 heterocycles. The molecule has 3 rings (SSSR count). The fourth-order valence-corrected chi connectivity index (χ4v) is 3.77. The van der Waals surface area contributed by atoms with Crippen LogP contribution in [0.1, 0.15) is 15.6 Å². The molecule has 0 atom stereocenters. The van der Waals surface area contributed by atoms with Gasteiger partial charge >= 0.3 is 0 Å². The zero-order valence-corrected chi connectivity index (χ0v) is 12.8. The summed E-state index contributed by atoms with van der Waals surface area (Å²) in [6.07, 6.45) is 1.86. The lowest BCUT2D eigenvalue weighted by atomic mass is 10.3. The van der Waals surface area contributed by atoms with Gasteiger partial charge in [0.15, 0.2) is 5.82 Å². The molecule has 102 valence electrons. The van der Waals surface area contributed by atoms with Crippen molar-refractivity contribution in [1.82, 2.24) is 18.6 Å². The number of thiazole rings is 1. The van der Waals surface area contributed by atoms with E-state index in [9.17, 15) is 0 Å². The number of aromatic nitrogens is 3. The average Bonchev–Trinajstić information content (AvgIpc) is 3.01. The summed E-state index contributed by atoms with van der Waals surface area (Å²) < 4.78 is 8.36. The molecule has 19 heavy (non-hydrogen) atoms. The molecule has 1 aliphatic rings. The van der Waals surface area contributed by atoms with E-state index in [0.29, 0.717) is 0 Å². The molecule has 7 heteroatoms. The fourth-order valence-electron chi connectivity index (χ4n) is 2.36. The number of anilines is 1. The molecule has 1 aliphatic heterocycles. The third kappa shape index (κ3) is 2.93. The highest BCUT2D eigenvalue weighted by Gasteiger charge is 2.20. The minimum Gasteiger partial charge on any atom is -0.352 e. The Hall–Kier alpha value is -1.05. The van der Waals surface area contributed by atoms with E-state index in [1.165, 1.54) is 27.3 Å². The first-order valence-electron chi connectivity index (χ1n) is 6.40. The van der Waals surface area contributed by atoms with Crippen molar-refractivity contribution in [3.05, 3.63) is 21.8 Å². The Labute approximate surface area is 121 Å². The summed E-state index contributed by atoms with van der Waals surface area (Å²) >= 11 is 3.10. The van der Waals surface area contributed by atoms with Crippen LogP contribution in [0.5, 0.6) is 0 Å². The van der Waals surface area contributed by atoms with Crippen LogP contribution in [0.3, 0.4) is 0 Å². The summed E-state index contributed by atoms with van der Waals surface area (Å²) in [5, 5.41) is 1.17. The second kappa shape index (κ2) is 5.52. The maximum atomic E-state index is 4.50. The van der Waals surface area contributed by atoms with Crippen molar-refractivity contribution in [3.8, 4) is 0 Å². The molecule has 0 N–H and O–H groups in total. The van der Waals surface area contributed by atoms with Gasteiger partial charge in [-0.3, -0.25) is 4.90 Å². The molecule has 2 aromatic heterocycles. The molecular formula is C12H17N5S2. The van der Waals surface area contributed by atoms with Crippen molar-refractivity contribution in [3.63, 3.8) is 0 Å². The van der Waals surface area contributed by atoms with Gasteiger partial charge < -0.3 is 4.90 Å². The molecule has 0 saturated carbocycles. The van der Waals surface area contributed by atoms with Crippen molar-refractivity contribution in [2.24, 2.45) is 0 Å². The van der Waals surface area contributed by atoms with Gasteiger partial charge in [0.25, 0.3) is 0 Å². The molecule has 5 nitrogen and oxygen atoms in total. The quantitative estimate of drug-likeness (QED) is 0.866. The van der Waals surface area contributed by atoms with E-state index in [2.05, 4.69) is 37.4 Å². The van der Waals surface area contributed by atoms with Crippen LogP contribution in [-0.2, 0) is 6.54 Å². The second-order valence-electron chi connectivity index (χ2n) is 4.77. The third-order valence-corrected chi connectivity index (χ3v) is 4.94. The number of rotatable bonds is 3. The number of hydrogen-bond donors (Lipinski definition) is 0. The summed E-state index contributed by atoms with van der Waals surface area (Å²) in [7, 11) is 0. The summed E-state index contributed by atoms with van der Waals surface area (Å²) in [5.41, 5.74) is 1.19. The smallest absolute Gasteiger partial charge is 0.162 e. The Kier molecular flexibility index (Phi) is 3.76. The number of piperazine rings is 1. The van der Waals surface area contributed by atoms with Crippen molar-refractivity contribution in [1.29, 1.82) is 0 Å². The first kappa shape index (κ1) is 13.0.